The van der Waals surface area contributed by atoms with Crippen LogP contribution in [0.3, 0.4) is 0 Å². The number of halogens is 3. The molecule has 0 aliphatic carbocycles. The third kappa shape index (κ3) is 5.91. The number of hydrogen-bond acceptors (Lipinski definition) is 3. The number of ether oxygens (including phenoxy) is 1. The van der Waals surface area contributed by atoms with E-state index in [-0.39, 0.29) is 13.0 Å². The first kappa shape index (κ1) is 13.5. The Labute approximate surface area is 95.3 Å². The van der Waals surface area contributed by atoms with E-state index in [0.717, 1.165) is 5.69 Å². The van der Waals surface area contributed by atoms with Crippen LogP contribution in [0.25, 0.3) is 0 Å². The van der Waals surface area contributed by atoms with Crippen molar-refractivity contribution in [2.24, 2.45) is 0 Å². The number of rotatable bonds is 5. The molecule has 0 saturated heterocycles. The number of aromatic amines is 1. The van der Waals surface area contributed by atoms with Crippen LogP contribution < -0.4 is 5.32 Å². The maximum atomic E-state index is 11.7. The van der Waals surface area contributed by atoms with E-state index in [1.807, 2.05) is 0 Å². The van der Waals surface area contributed by atoms with Gasteiger partial charge in [-0.25, -0.2) is 0 Å². The van der Waals surface area contributed by atoms with Gasteiger partial charge in [-0.05, 0) is 6.92 Å². The number of carbonyl (C=O) groups is 1. The Morgan fingerprint density at radius 3 is 2.82 bits per heavy atom. The lowest BCUT2D eigenvalue weighted by molar-refractivity contribution is -0.174. The summed E-state index contributed by atoms with van der Waals surface area (Å²) in [6.07, 6.45) is -4.52. The van der Waals surface area contributed by atoms with Crippen LogP contribution in [0.1, 0.15) is 12.1 Å². The van der Waals surface area contributed by atoms with Crippen LogP contribution in [-0.2, 0) is 9.53 Å². The summed E-state index contributed by atoms with van der Waals surface area (Å²) in [6.45, 7) is 0.131. The fourth-order valence-electron chi connectivity index (χ4n) is 1.04. The zero-order valence-corrected chi connectivity index (χ0v) is 9.10. The monoisotopic (exact) mass is 251 g/mol. The molecule has 5 nitrogen and oxygen atoms in total. The van der Waals surface area contributed by atoms with Crippen molar-refractivity contribution in [2.75, 3.05) is 18.5 Å². The van der Waals surface area contributed by atoms with E-state index in [4.69, 9.17) is 0 Å². The van der Waals surface area contributed by atoms with Gasteiger partial charge in [0.2, 0.25) is 5.91 Å². The highest BCUT2D eigenvalue weighted by Crippen LogP contribution is 2.14. The average molecular weight is 251 g/mol. The summed E-state index contributed by atoms with van der Waals surface area (Å²) in [4.78, 5) is 11.2. The largest absolute Gasteiger partial charge is 0.411 e. The number of amides is 1. The predicted octanol–water partition coefficient (Wildman–Crippen LogP) is 1.63. The van der Waals surface area contributed by atoms with Gasteiger partial charge in [-0.1, -0.05) is 0 Å². The number of nitrogens with one attached hydrogen (secondary N) is 2. The highest BCUT2D eigenvalue weighted by molar-refractivity contribution is 5.89. The zero-order chi connectivity index (χ0) is 12.9. The molecule has 8 heteroatoms. The quantitative estimate of drug-likeness (QED) is 0.781. The van der Waals surface area contributed by atoms with E-state index in [1.165, 1.54) is 0 Å². The summed E-state index contributed by atoms with van der Waals surface area (Å²) in [5.74, 6) is -0.109. The molecule has 1 aromatic rings. The van der Waals surface area contributed by atoms with Crippen molar-refractivity contribution in [1.82, 2.24) is 10.2 Å². The van der Waals surface area contributed by atoms with Crippen molar-refractivity contribution in [1.29, 1.82) is 0 Å². The molecule has 0 bridgehead atoms. The van der Waals surface area contributed by atoms with Gasteiger partial charge in [0, 0.05) is 11.8 Å². The number of H-pyrrole nitrogens is 1. The SMILES string of the molecule is Cc1cc(NC(=O)CCOCC(F)(F)F)n[nH]1. The fraction of sp³-hybridized carbons (Fsp3) is 0.556. The Morgan fingerprint density at radius 2 is 2.29 bits per heavy atom. The van der Waals surface area contributed by atoms with Crippen molar-refractivity contribution in [3.63, 3.8) is 0 Å². The maximum Gasteiger partial charge on any atom is 0.411 e. The van der Waals surface area contributed by atoms with Gasteiger partial charge in [0.25, 0.3) is 0 Å². The smallest absolute Gasteiger partial charge is 0.372 e. The third-order valence-electron chi connectivity index (χ3n) is 1.71. The fourth-order valence-corrected chi connectivity index (χ4v) is 1.04. The molecule has 0 atom stereocenters. The molecule has 1 rings (SSSR count). The van der Waals surface area contributed by atoms with E-state index in [9.17, 15) is 18.0 Å². The van der Waals surface area contributed by atoms with Crippen LogP contribution in [-0.4, -0.2) is 35.5 Å². The summed E-state index contributed by atoms with van der Waals surface area (Å²) in [7, 11) is 0. The number of carbonyl (C=O) groups excluding carboxylic acids is 1. The normalized spacial score (nSPS) is 11.5. The van der Waals surface area contributed by atoms with Crippen LogP contribution in [0.15, 0.2) is 6.07 Å². The molecule has 0 radical (unpaired) electrons. The Balaban J connectivity index is 2.18. The van der Waals surface area contributed by atoms with Crippen molar-refractivity contribution >= 4 is 11.7 Å². The average Bonchev–Trinajstić information content (AvgIpc) is 2.57. The molecule has 1 aromatic heterocycles. The van der Waals surface area contributed by atoms with Crippen LogP contribution in [0.5, 0.6) is 0 Å². The van der Waals surface area contributed by atoms with E-state index in [0.29, 0.717) is 5.82 Å². The molecule has 0 saturated carbocycles. The Morgan fingerprint density at radius 1 is 1.59 bits per heavy atom. The summed E-state index contributed by atoms with van der Waals surface area (Å²) >= 11 is 0. The highest BCUT2D eigenvalue weighted by atomic mass is 19.4. The Bertz CT molecular complexity index is 376. The molecule has 0 spiro atoms. The Hall–Kier alpha value is -1.57. The van der Waals surface area contributed by atoms with Gasteiger partial charge in [-0.3, -0.25) is 9.89 Å². The first-order valence-corrected chi connectivity index (χ1v) is 4.83. The topological polar surface area (TPSA) is 67.0 Å². The molecule has 0 unspecified atom stereocenters. The second-order valence-electron chi connectivity index (χ2n) is 3.40. The number of hydrogen-bond donors (Lipinski definition) is 2. The molecule has 0 aromatic carbocycles. The van der Waals surface area contributed by atoms with E-state index < -0.39 is 18.7 Å². The van der Waals surface area contributed by atoms with E-state index in [2.05, 4.69) is 20.3 Å². The van der Waals surface area contributed by atoms with E-state index >= 15 is 0 Å². The molecular weight excluding hydrogens is 239 g/mol. The molecule has 96 valence electrons. The molecule has 0 aliphatic rings. The lowest BCUT2D eigenvalue weighted by atomic mass is 10.4. The molecule has 2 N–H and O–H groups in total. The number of aromatic nitrogens is 2. The molecule has 17 heavy (non-hydrogen) atoms. The minimum atomic E-state index is -4.37. The molecule has 1 heterocycles. The van der Waals surface area contributed by atoms with Crippen LogP contribution >= 0.6 is 0 Å². The van der Waals surface area contributed by atoms with Crippen molar-refractivity contribution in [3.05, 3.63) is 11.8 Å². The van der Waals surface area contributed by atoms with Crippen molar-refractivity contribution in [2.45, 2.75) is 19.5 Å². The lowest BCUT2D eigenvalue weighted by Crippen LogP contribution is -2.20. The zero-order valence-electron chi connectivity index (χ0n) is 9.10. The molecule has 0 aliphatic heterocycles. The predicted molar refractivity (Wildman–Crippen MR) is 53.4 cm³/mol. The summed E-state index contributed by atoms with van der Waals surface area (Å²) in [5.41, 5.74) is 0.772. The van der Waals surface area contributed by atoms with Gasteiger partial charge in [-0.15, -0.1) is 0 Å². The van der Waals surface area contributed by atoms with Gasteiger partial charge in [0.1, 0.15) is 6.61 Å². The first-order valence-electron chi connectivity index (χ1n) is 4.83. The van der Waals surface area contributed by atoms with Gasteiger partial charge in [0.05, 0.1) is 13.0 Å². The minimum absolute atomic E-state index is 0.151. The lowest BCUT2D eigenvalue weighted by Gasteiger charge is -2.07. The molecule has 1 amide bonds. The van der Waals surface area contributed by atoms with Crippen molar-refractivity contribution < 1.29 is 22.7 Å². The standard InChI is InChI=1S/C9H12F3N3O2/c1-6-4-7(15-14-6)13-8(16)2-3-17-5-9(10,11)12/h4H,2-3,5H2,1H3,(H2,13,14,15,16). The second kappa shape index (κ2) is 5.67. The summed E-state index contributed by atoms with van der Waals surface area (Å²) in [5, 5.41) is 8.78. The second-order valence-corrected chi connectivity index (χ2v) is 3.40. The van der Waals surface area contributed by atoms with Gasteiger partial charge >= 0.3 is 6.18 Å². The summed E-state index contributed by atoms with van der Waals surface area (Å²) in [6, 6.07) is 1.61. The number of anilines is 1. The first-order chi connectivity index (χ1) is 7.87. The summed E-state index contributed by atoms with van der Waals surface area (Å²) < 4.78 is 39.4. The van der Waals surface area contributed by atoms with Crippen LogP contribution in [0.2, 0.25) is 0 Å². The molecular formula is C9H12F3N3O2. The number of alkyl halides is 3. The highest BCUT2D eigenvalue weighted by Gasteiger charge is 2.27. The number of nitrogens with zero attached hydrogens (tertiary/aromatic N) is 1. The van der Waals surface area contributed by atoms with Crippen molar-refractivity contribution in [3.8, 4) is 0 Å². The Kier molecular flexibility index (Phi) is 4.50. The van der Waals surface area contributed by atoms with Gasteiger partial charge < -0.3 is 10.1 Å². The maximum absolute atomic E-state index is 11.7. The third-order valence-corrected chi connectivity index (χ3v) is 1.71. The van der Waals surface area contributed by atoms with E-state index in [1.54, 1.807) is 13.0 Å². The number of aryl methyl sites for hydroxylation is 1. The van der Waals surface area contributed by atoms with Gasteiger partial charge in [0.15, 0.2) is 5.82 Å². The van der Waals surface area contributed by atoms with Gasteiger partial charge in [-0.2, -0.15) is 18.3 Å². The van der Waals surface area contributed by atoms with Crippen LogP contribution in [0.4, 0.5) is 19.0 Å². The van der Waals surface area contributed by atoms with Crippen LogP contribution in [0, 0.1) is 6.92 Å². The minimum Gasteiger partial charge on any atom is -0.372 e. The molecule has 0 fully saturated rings.